The fourth-order valence-corrected chi connectivity index (χ4v) is 4.67. The van der Waals surface area contributed by atoms with E-state index in [9.17, 15) is 18.0 Å². The molecule has 0 aromatic heterocycles. The number of benzene rings is 3. The normalized spacial score (nSPS) is 11.4. The number of nitrogens with zero attached hydrogens (tertiary/aromatic N) is 1. The summed E-state index contributed by atoms with van der Waals surface area (Å²) in [4.78, 5) is 26.6. The number of halogens is 1. The first-order chi connectivity index (χ1) is 15.2. The summed E-state index contributed by atoms with van der Waals surface area (Å²) in [6, 6.07) is 19.6. The van der Waals surface area contributed by atoms with Gasteiger partial charge < -0.3 is 5.32 Å². The van der Waals surface area contributed by atoms with E-state index in [1.807, 2.05) is 6.26 Å². The zero-order valence-corrected chi connectivity index (χ0v) is 19.8. The smallest absolute Gasteiger partial charge is 0.243 e. The molecule has 1 N–H and O–H groups in total. The van der Waals surface area contributed by atoms with E-state index in [0.717, 1.165) is 9.20 Å². The largest absolute Gasteiger partial charge is 0.324 e. The van der Waals surface area contributed by atoms with Crippen LogP contribution >= 0.6 is 23.4 Å². The Labute approximate surface area is 196 Å². The highest BCUT2D eigenvalue weighted by molar-refractivity contribution is 7.98. The molecule has 166 valence electrons. The van der Waals surface area contributed by atoms with Crippen molar-refractivity contribution >= 4 is 50.8 Å². The highest BCUT2D eigenvalue weighted by Crippen LogP contribution is 2.24. The van der Waals surface area contributed by atoms with Crippen LogP contribution in [0.5, 0.6) is 0 Å². The van der Waals surface area contributed by atoms with E-state index in [-0.39, 0.29) is 21.9 Å². The molecule has 3 aromatic carbocycles. The maximum absolute atomic E-state index is 12.9. The minimum Gasteiger partial charge on any atom is -0.324 e. The Morgan fingerprint density at radius 1 is 1.00 bits per heavy atom. The van der Waals surface area contributed by atoms with Crippen molar-refractivity contribution in [2.75, 3.05) is 25.2 Å². The van der Waals surface area contributed by atoms with Crippen LogP contribution < -0.4 is 5.32 Å². The molecule has 0 bridgehead atoms. The van der Waals surface area contributed by atoms with E-state index in [0.29, 0.717) is 10.6 Å². The molecule has 0 aliphatic carbocycles. The zero-order chi connectivity index (χ0) is 23.3. The van der Waals surface area contributed by atoms with Crippen molar-refractivity contribution in [1.29, 1.82) is 0 Å². The number of carbonyl (C=O) groups excluding carboxylic acids is 2. The van der Waals surface area contributed by atoms with Crippen LogP contribution in [0, 0.1) is 0 Å². The lowest BCUT2D eigenvalue weighted by Gasteiger charge is -2.18. The van der Waals surface area contributed by atoms with Crippen molar-refractivity contribution in [3.8, 4) is 0 Å². The van der Waals surface area contributed by atoms with E-state index in [4.69, 9.17) is 11.6 Å². The van der Waals surface area contributed by atoms with Gasteiger partial charge in [-0.1, -0.05) is 41.9 Å². The van der Waals surface area contributed by atoms with Gasteiger partial charge in [0.05, 0.1) is 17.1 Å². The van der Waals surface area contributed by atoms with Gasteiger partial charge in [0.25, 0.3) is 0 Å². The van der Waals surface area contributed by atoms with Crippen LogP contribution in [0.4, 0.5) is 5.69 Å². The van der Waals surface area contributed by atoms with Crippen LogP contribution in [-0.4, -0.2) is 44.3 Å². The molecule has 0 unspecified atom stereocenters. The van der Waals surface area contributed by atoms with Crippen LogP contribution in [0.25, 0.3) is 0 Å². The third kappa shape index (κ3) is 5.58. The number of anilines is 1. The van der Waals surface area contributed by atoms with Crippen molar-refractivity contribution in [2.24, 2.45) is 0 Å². The number of likely N-dealkylation sites (N-methyl/N-ethyl adjacent to an activating group) is 1. The van der Waals surface area contributed by atoms with E-state index >= 15 is 0 Å². The molecule has 0 saturated carbocycles. The second-order valence-electron chi connectivity index (χ2n) is 6.87. The first-order valence-corrected chi connectivity index (χ1v) is 12.6. The topological polar surface area (TPSA) is 83.6 Å². The van der Waals surface area contributed by atoms with E-state index in [2.05, 4.69) is 5.32 Å². The average molecular weight is 489 g/mol. The molecule has 1 amide bonds. The lowest BCUT2D eigenvalue weighted by molar-refractivity contribution is -0.116. The van der Waals surface area contributed by atoms with E-state index in [1.54, 1.807) is 48.5 Å². The van der Waals surface area contributed by atoms with Crippen molar-refractivity contribution in [3.63, 3.8) is 0 Å². The maximum atomic E-state index is 12.9. The number of thioether (sulfide) groups is 1. The van der Waals surface area contributed by atoms with Crippen LogP contribution in [0.3, 0.4) is 0 Å². The molecule has 0 fully saturated rings. The Morgan fingerprint density at radius 3 is 2.28 bits per heavy atom. The summed E-state index contributed by atoms with van der Waals surface area (Å²) >= 11 is 7.57. The minimum atomic E-state index is -3.85. The molecule has 0 aliphatic heterocycles. The maximum Gasteiger partial charge on any atom is 0.243 e. The highest BCUT2D eigenvalue weighted by Gasteiger charge is 2.24. The summed E-state index contributed by atoms with van der Waals surface area (Å²) in [5.74, 6) is -0.889. The number of hydrogen-bond acceptors (Lipinski definition) is 5. The second-order valence-corrected chi connectivity index (χ2v) is 10.2. The number of ketones is 1. The molecule has 0 heterocycles. The highest BCUT2D eigenvalue weighted by atomic mass is 35.5. The first-order valence-electron chi connectivity index (χ1n) is 9.52. The van der Waals surface area contributed by atoms with Gasteiger partial charge in [0.2, 0.25) is 15.9 Å². The van der Waals surface area contributed by atoms with Gasteiger partial charge in [0.1, 0.15) is 0 Å². The number of amides is 1. The third-order valence-corrected chi connectivity index (χ3v) is 7.47. The molecule has 6 nitrogen and oxygen atoms in total. The third-order valence-electron chi connectivity index (χ3n) is 4.67. The molecule has 3 rings (SSSR count). The lowest BCUT2D eigenvalue weighted by atomic mass is 10.0. The molecule has 9 heteroatoms. The van der Waals surface area contributed by atoms with Gasteiger partial charge in [0, 0.05) is 28.1 Å². The lowest BCUT2D eigenvalue weighted by Crippen LogP contribution is -2.35. The van der Waals surface area contributed by atoms with Gasteiger partial charge in [-0.3, -0.25) is 9.59 Å². The molecular weight excluding hydrogens is 468 g/mol. The Kier molecular flexibility index (Phi) is 7.73. The number of rotatable bonds is 8. The summed E-state index contributed by atoms with van der Waals surface area (Å²) in [6.07, 6.45) is 1.90. The SMILES string of the molecule is CSc1ccc(S(=O)(=O)N(C)CC(=O)Nc2ccc(Cl)cc2C(=O)c2ccccc2)cc1. The number of hydrogen-bond donors (Lipinski definition) is 1. The Morgan fingerprint density at radius 2 is 1.66 bits per heavy atom. The fourth-order valence-electron chi connectivity index (χ4n) is 2.96. The van der Waals surface area contributed by atoms with Crippen molar-refractivity contribution in [1.82, 2.24) is 4.31 Å². The van der Waals surface area contributed by atoms with Gasteiger partial charge in [-0.15, -0.1) is 11.8 Å². The molecule has 0 saturated heterocycles. The van der Waals surface area contributed by atoms with Crippen LogP contribution in [0.1, 0.15) is 15.9 Å². The van der Waals surface area contributed by atoms with Gasteiger partial charge in [0.15, 0.2) is 5.78 Å². The quantitative estimate of drug-likeness (QED) is 0.371. The van der Waals surface area contributed by atoms with Gasteiger partial charge >= 0.3 is 0 Å². The average Bonchev–Trinajstić information content (AvgIpc) is 2.80. The fraction of sp³-hybridized carbons (Fsp3) is 0.130. The van der Waals surface area contributed by atoms with E-state index in [1.165, 1.54) is 43.1 Å². The number of sulfonamides is 1. The van der Waals surface area contributed by atoms with Gasteiger partial charge in [-0.2, -0.15) is 4.31 Å². The zero-order valence-electron chi connectivity index (χ0n) is 17.4. The Balaban J connectivity index is 1.78. The summed E-state index contributed by atoms with van der Waals surface area (Å²) in [5, 5.41) is 2.98. The van der Waals surface area contributed by atoms with Crippen LogP contribution in [0.15, 0.2) is 82.6 Å². The molecule has 0 radical (unpaired) electrons. The second kappa shape index (κ2) is 10.3. The standard InChI is InChI=1S/C23H21ClN2O4S2/c1-26(32(29,30)19-11-9-18(31-2)10-12-19)15-22(27)25-21-13-8-17(24)14-20(21)23(28)16-6-4-3-5-7-16/h3-14H,15H2,1-2H3,(H,25,27). The Hall–Kier alpha value is -2.65. The van der Waals surface area contributed by atoms with Gasteiger partial charge in [-0.05, 0) is 48.7 Å². The Bertz CT molecular complexity index is 1230. The number of carbonyl (C=O) groups is 2. The minimum absolute atomic E-state index is 0.0945. The van der Waals surface area contributed by atoms with Crippen LogP contribution in [0.2, 0.25) is 5.02 Å². The number of nitrogens with one attached hydrogen (secondary N) is 1. The van der Waals surface area contributed by atoms with Crippen molar-refractivity contribution in [3.05, 3.63) is 88.9 Å². The predicted molar refractivity (Wildman–Crippen MR) is 128 cm³/mol. The summed E-state index contributed by atoms with van der Waals surface area (Å²) in [6.45, 7) is -0.422. The first kappa shape index (κ1) is 24.0. The van der Waals surface area contributed by atoms with E-state index < -0.39 is 22.5 Å². The summed E-state index contributed by atoms with van der Waals surface area (Å²) in [7, 11) is -2.52. The molecule has 0 atom stereocenters. The monoisotopic (exact) mass is 488 g/mol. The van der Waals surface area contributed by atoms with Gasteiger partial charge in [-0.25, -0.2) is 8.42 Å². The van der Waals surface area contributed by atoms with Crippen molar-refractivity contribution < 1.29 is 18.0 Å². The molecule has 0 spiro atoms. The summed E-state index contributed by atoms with van der Waals surface area (Å²) < 4.78 is 26.5. The predicted octanol–water partition coefficient (Wildman–Crippen LogP) is 4.55. The molecule has 32 heavy (non-hydrogen) atoms. The van der Waals surface area contributed by atoms with Crippen molar-refractivity contribution in [2.45, 2.75) is 9.79 Å². The molecule has 0 aliphatic rings. The summed E-state index contributed by atoms with van der Waals surface area (Å²) in [5.41, 5.74) is 0.914. The van der Waals surface area contributed by atoms with Crippen LogP contribution in [-0.2, 0) is 14.8 Å². The molecular formula is C23H21ClN2O4S2. The molecule has 3 aromatic rings.